The Labute approximate surface area is 242 Å². The van der Waals surface area contributed by atoms with Crippen LogP contribution >= 0.6 is 23.2 Å². The van der Waals surface area contributed by atoms with E-state index in [2.05, 4.69) is 4.99 Å². The Balaban J connectivity index is 1.62. The molecule has 0 bridgehead atoms. The number of hydrogen-bond donors (Lipinski definition) is 0. The Bertz CT molecular complexity index is 1580. The number of nitrogens with zero attached hydrogens (tertiary/aromatic N) is 3. The maximum atomic E-state index is 13.8. The Morgan fingerprint density at radius 2 is 1.50 bits per heavy atom. The molecule has 5 rings (SSSR count). The summed E-state index contributed by atoms with van der Waals surface area (Å²) in [6, 6.07) is 32.9. The third kappa shape index (κ3) is 5.93. The summed E-state index contributed by atoms with van der Waals surface area (Å²) in [6.07, 6.45) is 1.24. The van der Waals surface area contributed by atoms with Crippen molar-refractivity contribution in [2.45, 2.75) is 12.6 Å². The molecule has 200 valence electrons. The van der Waals surface area contributed by atoms with Gasteiger partial charge in [-0.05, 0) is 41.0 Å². The molecule has 1 aliphatic heterocycles. The van der Waals surface area contributed by atoms with E-state index in [1.165, 1.54) is 17.0 Å². The Morgan fingerprint density at radius 1 is 0.875 bits per heavy atom. The molecule has 1 fully saturated rings. The van der Waals surface area contributed by atoms with Crippen molar-refractivity contribution in [2.75, 3.05) is 7.05 Å². The van der Waals surface area contributed by atoms with E-state index in [-0.39, 0.29) is 23.2 Å². The van der Waals surface area contributed by atoms with E-state index in [1.807, 2.05) is 97.1 Å². The monoisotopic (exact) mass is 569 g/mol. The van der Waals surface area contributed by atoms with E-state index in [9.17, 15) is 9.59 Å². The van der Waals surface area contributed by atoms with Crippen LogP contribution < -0.4 is 0 Å². The van der Waals surface area contributed by atoms with Gasteiger partial charge in [0.15, 0.2) is 0 Å². The number of rotatable bonds is 5. The highest BCUT2D eigenvalue weighted by Gasteiger charge is 2.44. The van der Waals surface area contributed by atoms with Gasteiger partial charge in [0.05, 0.1) is 22.3 Å². The molecule has 1 saturated heterocycles. The number of guanidine groups is 1. The maximum Gasteiger partial charge on any atom is 0.421 e. The van der Waals surface area contributed by atoms with E-state index < -0.39 is 18.0 Å². The van der Waals surface area contributed by atoms with Crippen LogP contribution in [0.4, 0.5) is 4.79 Å². The number of halogens is 2. The molecule has 6 nitrogen and oxygen atoms in total. The fourth-order valence-corrected chi connectivity index (χ4v) is 5.01. The van der Waals surface area contributed by atoms with E-state index >= 15 is 0 Å². The first kappa shape index (κ1) is 27.2. The molecule has 8 heteroatoms. The molecule has 0 saturated carbocycles. The standard InChI is InChI=1S/C32H25Cl2N3O3/c1-36-29(24-15-9-4-10-16-24)28(19-22-11-5-2-6-12-22)37(32(39)40-21-23-13-7-3-8-14-23)31(36)35-30(38)26-18-17-25(33)20-27(26)34/h2-20,29H,21H2,1H3/b28-19-,35-31?. The van der Waals surface area contributed by atoms with Crippen LogP contribution in [0.15, 0.2) is 120 Å². The average molecular weight is 570 g/mol. The topological polar surface area (TPSA) is 62.2 Å². The Kier molecular flexibility index (Phi) is 8.29. The summed E-state index contributed by atoms with van der Waals surface area (Å²) in [6.45, 7) is 0.0543. The van der Waals surface area contributed by atoms with Gasteiger partial charge >= 0.3 is 6.09 Å². The van der Waals surface area contributed by atoms with Gasteiger partial charge in [0, 0.05) is 12.1 Å². The van der Waals surface area contributed by atoms with Gasteiger partial charge < -0.3 is 9.64 Å². The lowest BCUT2D eigenvalue weighted by Gasteiger charge is -2.20. The summed E-state index contributed by atoms with van der Waals surface area (Å²) in [5, 5.41) is 0.566. The number of hydrogen-bond acceptors (Lipinski definition) is 3. The first-order valence-corrected chi connectivity index (χ1v) is 13.3. The number of amides is 2. The van der Waals surface area contributed by atoms with E-state index in [0.29, 0.717) is 10.7 Å². The number of likely N-dealkylation sites (N-methyl/N-ethyl adjacent to an activating group) is 1. The van der Waals surface area contributed by atoms with Gasteiger partial charge in [-0.1, -0.05) is 114 Å². The van der Waals surface area contributed by atoms with Gasteiger partial charge in [-0.2, -0.15) is 4.99 Å². The average Bonchev–Trinajstić information content (AvgIpc) is 3.23. The SMILES string of the molecule is CN1C(=NC(=O)c2ccc(Cl)cc2Cl)N(C(=O)OCc2ccccc2)/C(=C\c2ccccc2)C1c1ccccc1. The molecule has 0 aromatic heterocycles. The summed E-state index contributed by atoms with van der Waals surface area (Å²) in [5.41, 5.74) is 3.38. The van der Waals surface area contributed by atoms with Crippen LogP contribution in [0.1, 0.15) is 33.1 Å². The van der Waals surface area contributed by atoms with Crippen molar-refractivity contribution in [3.8, 4) is 0 Å². The largest absolute Gasteiger partial charge is 0.444 e. The summed E-state index contributed by atoms with van der Waals surface area (Å²) in [5.74, 6) is -0.498. The number of benzene rings is 4. The van der Waals surface area contributed by atoms with Crippen LogP contribution in [0.5, 0.6) is 0 Å². The number of aliphatic imine (C=N–C) groups is 1. The predicted molar refractivity (Wildman–Crippen MR) is 158 cm³/mol. The third-order valence-corrected chi connectivity index (χ3v) is 6.97. The highest BCUT2D eigenvalue weighted by atomic mass is 35.5. The molecule has 4 aromatic carbocycles. The summed E-state index contributed by atoms with van der Waals surface area (Å²) >= 11 is 12.4. The van der Waals surface area contributed by atoms with E-state index in [0.717, 1.165) is 16.7 Å². The van der Waals surface area contributed by atoms with Crippen LogP contribution in [-0.4, -0.2) is 34.8 Å². The van der Waals surface area contributed by atoms with Crippen LogP contribution in [0.2, 0.25) is 10.0 Å². The maximum absolute atomic E-state index is 13.8. The van der Waals surface area contributed by atoms with Gasteiger partial charge in [0.25, 0.3) is 5.91 Å². The number of carbonyl (C=O) groups excluding carboxylic acids is 2. The molecule has 4 aromatic rings. The smallest absolute Gasteiger partial charge is 0.421 e. The van der Waals surface area contributed by atoms with Crippen molar-refractivity contribution in [1.82, 2.24) is 9.80 Å². The molecule has 1 atom stereocenters. The minimum Gasteiger partial charge on any atom is -0.444 e. The van der Waals surface area contributed by atoms with Gasteiger partial charge in [-0.3, -0.25) is 4.79 Å². The minimum atomic E-state index is -0.662. The lowest BCUT2D eigenvalue weighted by molar-refractivity contribution is 0.0999. The van der Waals surface area contributed by atoms with Gasteiger partial charge in [0.2, 0.25) is 5.96 Å². The molecular weight excluding hydrogens is 545 g/mol. The molecule has 40 heavy (non-hydrogen) atoms. The Morgan fingerprint density at radius 3 is 2.15 bits per heavy atom. The van der Waals surface area contributed by atoms with Crippen molar-refractivity contribution < 1.29 is 14.3 Å². The quantitative estimate of drug-likeness (QED) is 0.245. The molecular formula is C32H25Cl2N3O3. The Hall–Kier alpha value is -4.39. The van der Waals surface area contributed by atoms with E-state index in [4.69, 9.17) is 27.9 Å². The molecule has 1 heterocycles. The zero-order valence-electron chi connectivity index (χ0n) is 21.6. The highest BCUT2D eigenvalue weighted by Crippen LogP contribution is 2.39. The highest BCUT2D eigenvalue weighted by molar-refractivity contribution is 6.37. The first-order chi connectivity index (χ1) is 19.4. The van der Waals surface area contributed by atoms with Crippen LogP contribution in [0.3, 0.4) is 0 Å². The molecule has 1 unspecified atom stereocenters. The third-order valence-electron chi connectivity index (χ3n) is 6.42. The normalized spacial score (nSPS) is 16.9. The second-order valence-electron chi connectivity index (χ2n) is 9.12. The summed E-state index contributed by atoms with van der Waals surface area (Å²) in [7, 11) is 1.79. The van der Waals surface area contributed by atoms with Crippen molar-refractivity contribution in [3.63, 3.8) is 0 Å². The molecule has 0 spiro atoms. The molecule has 2 amide bonds. The molecule has 0 radical (unpaired) electrons. The zero-order chi connectivity index (χ0) is 28.1. The zero-order valence-corrected chi connectivity index (χ0v) is 23.1. The lowest BCUT2D eigenvalue weighted by atomic mass is 10.0. The first-order valence-electron chi connectivity index (χ1n) is 12.6. The van der Waals surface area contributed by atoms with Crippen molar-refractivity contribution >= 4 is 47.2 Å². The molecule has 0 N–H and O–H groups in total. The summed E-state index contributed by atoms with van der Waals surface area (Å²) < 4.78 is 5.75. The fourth-order valence-electron chi connectivity index (χ4n) is 4.52. The second kappa shape index (κ2) is 12.2. The van der Waals surface area contributed by atoms with E-state index in [1.54, 1.807) is 18.0 Å². The van der Waals surface area contributed by atoms with Gasteiger partial charge in [-0.15, -0.1) is 0 Å². The molecule has 1 aliphatic rings. The minimum absolute atomic E-state index is 0.0543. The predicted octanol–water partition coefficient (Wildman–Crippen LogP) is 7.86. The van der Waals surface area contributed by atoms with Crippen LogP contribution in [-0.2, 0) is 11.3 Å². The fraction of sp³-hybridized carbons (Fsp3) is 0.0938. The second-order valence-corrected chi connectivity index (χ2v) is 9.96. The number of ether oxygens (including phenoxy) is 1. The number of carbonyl (C=O) groups is 2. The van der Waals surface area contributed by atoms with Crippen LogP contribution in [0.25, 0.3) is 6.08 Å². The lowest BCUT2D eigenvalue weighted by Crippen LogP contribution is -2.37. The van der Waals surface area contributed by atoms with Crippen molar-refractivity contribution in [3.05, 3.63) is 147 Å². The van der Waals surface area contributed by atoms with Crippen LogP contribution in [0, 0.1) is 0 Å². The van der Waals surface area contributed by atoms with Gasteiger partial charge in [0.1, 0.15) is 6.61 Å². The van der Waals surface area contributed by atoms with Crippen molar-refractivity contribution in [1.29, 1.82) is 0 Å². The summed E-state index contributed by atoms with van der Waals surface area (Å²) in [4.78, 5) is 34.7. The molecule has 0 aliphatic carbocycles. The van der Waals surface area contributed by atoms with Crippen molar-refractivity contribution in [2.24, 2.45) is 4.99 Å². The van der Waals surface area contributed by atoms with Gasteiger partial charge in [-0.25, -0.2) is 9.69 Å².